The molecule has 0 bridgehead atoms. The minimum atomic E-state index is -0.884. The molecule has 0 aromatic heterocycles. The Labute approximate surface area is 202 Å². The molecular weight excluding hydrogens is 454 g/mol. The zero-order valence-corrected chi connectivity index (χ0v) is 19.4. The molecule has 1 N–H and O–H groups in total. The number of hydrogen-bond donors (Lipinski definition) is 1. The van der Waals surface area contributed by atoms with Gasteiger partial charge in [0.25, 0.3) is 17.4 Å². The first-order chi connectivity index (χ1) is 16.9. The zero-order valence-electron chi connectivity index (χ0n) is 19.4. The number of para-hydroxylation sites is 1. The lowest BCUT2D eigenvalue weighted by atomic mass is 9.94. The first-order valence-corrected chi connectivity index (χ1v) is 11.4. The number of aliphatic hydroxyl groups is 1. The van der Waals surface area contributed by atoms with Crippen LogP contribution < -0.4 is 4.74 Å². The Morgan fingerprint density at radius 2 is 1.80 bits per heavy atom. The lowest BCUT2D eigenvalue weighted by Gasteiger charge is -2.29. The summed E-state index contributed by atoms with van der Waals surface area (Å²) in [6.07, 6.45) is 0.616. The van der Waals surface area contributed by atoms with E-state index in [1.165, 1.54) is 36.3 Å². The normalized spacial score (nSPS) is 20.3. The molecule has 2 heterocycles. The van der Waals surface area contributed by atoms with E-state index in [0.717, 1.165) is 19.6 Å². The van der Waals surface area contributed by atoms with Gasteiger partial charge in [-0.1, -0.05) is 12.1 Å². The van der Waals surface area contributed by atoms with E-state index in [-0.39, 0.29) is 29.1 Å². The topological polar surface area (TPSA) is 122 Å². The van der Waals surface area contributed by atoms with Gasteiger partial charge in [0.1, 0.15) is 11.5 Å². The van der Waals surface area contributed by atoms with Gasteiger partial charge in [-0.05, 0) is 36.2 Å². The van der Waals surface area contributed by atoms with Crippen LogP contribution in [0.1, 0.15) is 23.6 Å². The van der Waals surface area contributed by atoms with Crippen LogP contribution in [0.2, 0.25) is 0 Å². The number of hydrogen-bond acceptors (Lipinski definition) is 8. The highest BCUT2D eigenvalue weighted by molar-refractivity contribution is 6.46. The van der Waals surface area contributed by atoms with Gasteiger partial charge < -0.3 is 19.5 Å². The molecule has 1 unspecified atom stereocenters. The number of Topliss-reactive ketones (excluding diaryl/α,β-unsaturated/α-hetero) is 1. The molecule has 2 aromatic rings. The fourth-order valence-electron chi connectivity index (χ4n) is 4.51. The average molecular weight is 482 g/mol. The molecule has 4 rings (SSSR count). The van der Waals surface area contributed by atoms with Gasteiger partial charge in [-0.2, -0.15) is 0 Å². The van der Waals surface area contributed by atoms with Crippen molar-refractivity contribution in [1.82, 2.24) is 9.80 Å². The summed E-state index contributed by atoms with van der Waals surface area (Å²) in [6, 6.07) is 11.5. The second kappa shape index (κ2) is 10.7. The van der Waals surface area contributed by atoms with Crippen molar-refractivity contribution in [2.24, 2.45) is 0 Å². The number of nitrogens with zero attached hydrogens (tertiary/aromatic N) is 3. The van der Waals surface area contributed by atoms with Gasteiger partial charge in [-0.3, -0.25) is 24.6 Å². The van der Waals surface area contributed by atoms with Crippen molar-refractivity contribution in [2.75, 3.05) is 46.5 Å². The summed E-state index contributed by atoms with van der Waals surface area (Å²) in [5.74, 6) is -1.51. The highest BCUT2D eigenvalue weighted by atomic mass is 16.6. The molecule has 10 heteroatoms. The summed E-state index contributed by atoms with van der Waals surface area (Å²) in [5, 5.41) is 22.3. The quantitative estimate of drug-likeness (QED) is 0.201. The Kier molecular flexibility index (Phi) is 7.42. The van der Waals surface area contributed by atoms with E-state index in [2.05, 4.69) is 4.90 Å². The van der Waals surface area contributed by atoms with E-state index in [0.29, 0.717) is 30.9 Å². The van der Waals surface area contributed by atoms with E-state index in [4.69, 9.17) is 9.47 Å². The standard InChI is InChI=1S/C25H27N3O7/c1-34-20-6-3-2-5-19(20)23(29)21-22(17-7-9-18(10-8-17)28(32)33)27(25(31)24(21)30)12-4-11-26-13-15-35-16-14-26/h2-3,5-10,22,29H,4,11-16H2,1H3/b23-21+. The molecule has 0 radical (unpaired) electrons. The predicted molar refractivity (Wildman–Crippen MR) is 127 cm³/mol. The van der Waals surface area contributed by atoms with Crippen LogP contribution in [0.15, 0.2) is 54.1 Å². The highest BCUT2D eigenvalue weighted by Gasteiger charge is 2.46. The van der Waals surface area contributed by atoms with Crippen LogP contribution in [-0.2, 0) is 14.3 Å². The molecule has 2 aliphatic rings. The van der Waals surface area contributed by atoms with Crippen molar-refractivity contribution in [1.29, 1.82) is 0 Å². The van der Waals surface area contributed by atoms with E-state index < -0.39 is 22.7 Å². The van der Waals surface area contributed by atoms with Crippen molar-refractivity contribution in [3.05, 3.63) is 75.3 Å². The van der Waals surface area contributed by atoms with Gasteiger partial charge in [0.2, 0.25) is 0 Å². The molecule has 1 atom stereocenters. The third-order valence-electron chi connectivity index (χ3n) is 6.30. The maximum atomic E-state index is 13.2. The number of likely N-dealkylation sites (tertiary alicyclic amines) is 1. The van der Waals surface area contributed by atoms with Crippen LogP contribution >= 0.6 is 0 Å². The largest absolute Gasteiger partial charge is 0.507 e. The van der Waals surface area contributed by atoms with Gasteiger partial charge >= 0.3 is 0 Å². The lowest BCUT2D eigenvalue weighted by molar-refractivity contribution is -0.384. The van der Waals surface area contributed by atoms with Crippen LogP contribution in [0.25, 0.3) is 5.76 Å². The Bertz CT molecular complexity index is 1140. The number of rotatable bonds is 8. The number of non-ortho nitro benzene ring substituents is 1. The molecule has 10 nitrogen and oxygen atoms in total. The van der Waals surface area contributed by atoms with Crippen LogP contribution in [0.4, 0.5) is 5.69 Å². The maximum Gasteiger partial charge on any atom is 0.295 e. The van der Waals surface area contributed by atoms with Gasteiger partial charge in [0.15, 0.2) is 0 Å². The summed E-state index contributed by atoms with van der Waals surface area (Å²) in [5.41, 5.74) is 0.605. The number of carbonyl (C=O) groups is 2. The molecule has 184 valence electrons. The summed E-state index contributed by atoms with van der Waals surface area (Å²) >= 11 is 0. The molecular formula is C25H27N3O7. The third kappa shape index (κ3) is 5.03. The number of ether oxygens (including phenoxy) is 2. The Morgan fingerprint density at radius 1 is 1.11 bits per heavy atom. The monoisotopic (exact) mass is 481 g/mol. The Hall–Kier alpha value is -3.76. The van der Waals surface area contributed by atoms with Gasteiger partial charge in [0, 0.05) is 38.3 Å². The molecule has 1 amide bonds. The molecule has 2 aliphatic heterocycles. The summed E-state index contributed by atoms with van der Waals surface area (Å²) in [7, 11) is 1.45. The van der Waals surface area contributed by atoms with Crippen molar-refractivity contribution in [2.45, 2.75) is 12.5 Å². The molecule has 2 saturated heterocycles. The van der Waals surface area contributed by atoms with Crippen molar-refractivity contribution in [3.63, 3.8) is 0 Å². The van der Waals surface area contributed by atoms with Crippen LogP contribution in [-0.4, -0.2) is 78.0 Å². The average Bonchev–Trinajstić information content (AvgIpc) is 3.14. The van der Waals surface area contributed by atoms with Crippen LogP contribution in [0, 0.1) is 10.1 Å². The predicted octanol–water partition coefficient (Wildman–Crippen LogP) is 2.75. The molecule has 35 heavy (non-hydrogen) atoms. The van der Waals surface area contributed by atoms with E-state index in [9.17, 15) is 24.8 Å². The van der Waals surface area contributed by atoms with E-state index in [1.807, 2.05) is 0 Å². The number of nitro benzene ring substituents is 1. The zero-order chi connectivity index (χ0) is 24.9. The van der Waals surface area contributed by atoms with Crippen molar-refractivity contribution >= 4 is 23.1 Å². The summed E-state index contributed by atoms with van der Waals surface area (Å²) < 4.78 is 10.7. The second-order valence-corrected chi connectivity index (χ2v) is 8.35. The van der Waals surface area contributed by atoms with Gasteiger partial charge in [0.05, 0.1) is 42.4 Å². The van der Waals surface area contributed by atoms with Gasteiger partial charge in [-0.15, -0.1) is 0 Å². The van der Waals surface area contributed by atoms with Gasteiger partial charge in [-0.25, -0.2) is 0 Å². The molecule has 2 fully saturated rings. The SMILES string of the molecule is COc1ccccc1/C(O)=C1\C(=O)C(=O)N(CCCN2CCOCC2)C1c1ccc([N+](=O)[O-])cc1. The van der Waals surface area contributed by atoms with Crippen molar-refractivity contribution < 1.29 is 29.1 Å². The fraction of sp³-hybridized carbons (Fsp3) is 0.360. The number of methoxy groups -OCH3 is 1. The number of ketones is 1. The minimum absolute atomic E-state index is 0.0697. The van der Waals surface area contributed by atoms with Crippen LogP contribution in [0.3, 0.4) is 0 Å². The molecule has 0 aliphatic carbocycles. The molecule has 0 saturated carbocycles. The third-order valence-corrected chi connectivity index (χ3v) is 6.30. The Morgan fingerprint density at radius 3 is 2.46 bits per heavy atom. The van der Waals surface area contributed by atoms with Crippen LogP contribution in [0.5, 0.6) is 5.75 Å². The maximum absolute atomic E-state index is 13.2. The number of aliphatic hydroxyl groups excluding tert-OH is 1. The minimum Gasteiger partial charge on any atom is -0.507 e. The number of morpholine rings is 1. The Balaban J connectivity index is 1.71. The number of nitro groups is 1. The first kappa shape index (κ1) is 24.4. The van der Waals surface area contributed by atoms with Crippen molar-refractivity contribution in [3.8, 4) is 5.75 Å². The van der Waals surface area contributed by atoms with E-state index in [1.54, 1.807) is 24.3 Å². The number of amides is 1. The first-order valence-electron chi connectivity index (χ1n) is 11.4. The summed E-state index contributed by atoms with van der Waals surface area (Å²) in [6.45, 7) is 3.94. The number of benzene rings is 2. The smallest absolute Gasteiger partial charge is 0.295 e. The fourth-order valence-corrected chi connectivity index (χ4v) is 4.51. The number of carbonyl (C=O) groups excluding carboxylic acids is 2. The molecule has 2 aromatic carbocycles. The molecule has 0 spiro atoms. The second-order valence-electron chi connectivity index (χ2n) is 8.35. The van der Waals surface area contributed by atoms with E-state index >= 15 is 0 Å². The lowest BCUT2D eigenvalue weighted by Crippen LogP contribution is -2.38. The highest BCUT2D eigenvalue weighted by Crippen LogP contribution is 2.41. The summed E-state index contributed by atoms with van der Waals surface area (Å²) in [4.78, 5) is 40.6.